The third-order valence-electron chi connectivity index (χ3n) is 3.52. The molecule has 0 bridgehead atoms. The highest BCUT2D eigenvalue weighted by atomic mass is 32.1. The van der Waals surface area contributed by atoms with Gasteiger partial charge in [0.1, 0.15) is 18.2 Å². The number of thiophene rings is 1. The Labute approximate surface area is 161 Å². The van der Waals surface area contributed by atoms with Crippen LogP contribution in [0.15, 0.2) is 53.9 Å². The molecule has 1 amide bonds. The fourth-order valence-electron chi connectivity index (χ4n) is 2.28. The van der Waals surface area contributed by atoms with Gasteiger partial charge in [-0.2, -0.15) is 8.78 Å². The number of ether oxygens (including phenoxy) is 2. The van der Waals surface area contributed by atoms with E-state index < -0.39 is 24.2 Å². The second-order valence-corrected chi connectivity index (χ2v) is 6.42. The molecular weight excluding hydrogens is 398 g/mol. The third kappa shape index (κ3) is 5.01. The maximum atomic E-state index is 13.6. The molecule has 0 aliphatic carbocycles. The second kappa shape index (κ2) is 8.75. The molecule has 0 fully saturated rings. The number of hydrogen-bond acceptors (Lipinski definition) is 4. The molecule has 1 aromatic heterocycles. The Morgan fingerprint density at radius 1 is 1.07 bits per heavy atom. The number of hydrogen-bond donors (Lipinski definition) is 1. The summed E-state index contributed by atoms with van der Waals surface area (Å²) in [5, 5.41) is 4.14. The van der Waals surface area contributed by atoms with Gasteiger partial charge in [0.25, 0.3) is 5.91 Å². The molecule has 0 saturated carbocycles. The molecule has 28 heavy (non-hydrogen) atoms. The van der Waals surface area contributed by atoms with Crippen LogP contribution in [0.1, 0.15) is 15.2 Å². The molecule has 0 aliphatic heterocycles. The predicted octanol–water partition coefficient (Wildman–Crippen LogP) is 5.46. The van der Waals surface area contributed by atoms with E-state index in [0.29, 0.717) is 16.5 Å². The van der Waals surface area contributed by atoms with Gasteiger partial charge in [-0.15, -0.1) is 11.3 Å². The number of anilines is 1. The zero-order valence-electron chi connectivity index (χ0n) is 14.1. The summed E-state index contributed by atoms with van der Waals surface area (Å²) in [6, 6.07) is 10.3. The molecule has 2 aromatic carbocycles. The summed E-state index contributed by atoms with van der Waals surface area (Å²) < 4.78 is 61.0. The van der Waals surface area contributed by atoms with E-state index in [2.05, 4.69) is 10.1 Å². The van der Waals surface area contributed by atoms with Gasteiger partial charge in [-0.1, -0.05) is 12.1 Å². The highest BCUT2D eigenvalue weighted by molar-refractivity contribution is 7.12. The van der Waals surface area contributed by atoms with Gasteiger partial charge in [-0.25, -0.2) is 8.78 Å². The number of carbonyl (C=O) groups excluding carboxylic acids is 1. The Bertz CT molecular complexity index is 977. The van der Waals surface area contributed by atoms with E-state index in [9.17, 15) is 22.4 Å². The summed E-state index contributed by atoms with van der Waals surface area (Å²) in [6.07, 6.45) is 0. The third-order valence-corrected chi connectivity index (χ3v) is 4.49. The minimum absolute atomic E-state index is 0.0303. The molecule has 0 saturated heterocycles. The van der Waals surface area contributed by atoms with Crippen molar-refractivity contribution in [2.24, 2.45) is 0 Å². The van der Waals surface area contributed by atoms with Gasteiger partial charge >= 0.3 is 6.61 Å². The lowest BCUT2D eigenvalue weighted by molar-refractivity contribution is -0.0493. The van der Waals surface area contributed by atoms with Crippen LogP contribution in [0.25, 0.3) is 0 Å². The van der Waals surface area contributed by atoms with Crippen molar-refractivity contribution in [3.63, 3.8) is 0 Å². The van der Waals surface area contributed by atoms with Gasteiger partial charge in [-0.3, -0.25) is 4.79 Å². The minimum atomic E-state index is -3.02. The van der Waals surface area contributed by atoms with Crippen LogP contribution in [-0.2, 0) is 6.61 Å². The first-order valence-corrected chi connectivity index (χ1v) is 8.81. The molecule has 3 rings (SSSR count). The second-order valence-electron chi connectivity index (χ2n) is 5.51. The molecule has 4 nitrogen and oxygen atoms in total. The fraction of sp³-hybridized carbons (Fsp3) is 0.105. The number of para-hydroxylation sites is 2. The van der Waals surface area contributed by atoms with E-state index in [1.165, 1.54) is 30.3 Å². The maximum absolute atomic E-state index is 13.6. The lowest BCUT2D eigenvalue weighted by Gasteiger charge is -2.10. The lowest BCUT2D eigenvalue weighted by atomic mass is 10.2. The predicted molar refractivity (Wildman–Crippen MR) is 96.0 cm³/mol. The molecular formula is C19H13F4NO3S. The number of carbonyl (C=O) groups is 1. The topological polar surface area (TPSA) is 47.6 Å². The maximum Gasteiger partial charge on any atom is 0.387 e. The molecule has 1 heterocycles. The lowest BCUT2D eigenvalue weighted by Crippen LogP contribution is -2.12. The Morgan fingerprint density at radius 3 is 2.61 bits per heavy atom. The van der Waals surface area contributed by atoms with Crippen molar-refractivity contribution >= 4 is 22.9 Å². The van der Waals surface area contributed by atoms with E-state index >= 15 is 0 Å². The van der Waals surface area contributed by atoms with Crippen molar-refractivity contribution in [1.82, 2.24) is 0 Å². The normalized spacial score (nSPS) is 10.8. The van der Waals surface area contributed by atoms with Crippen LogP contribution in [0.3, 0.4) is 0 Å². The van der Waals surface area contributed by atoms with Gasteiger partial charge in [0.05, 0.1) is 10.6 Å². The van der Waals surface area contributed by atoms with Crippen LogP contribution in [0.5, 0.6) is 11.5 Å². The SMILES string of the molecule is O=C(Nc1ccccc1OC(F)F)c1cc(COc2ccc(F)cc2F)cs1. The Kier molecular flexibility index (Phi) is 6.15. The van der Waals surface area contributed by atoms with Crippen LogP contribution >= 0.6 is 11.3 Å². The standard InChI is InChI=1S/C19H13F4NO3S/c20-12-5-6-15(13(21)8-12)26-9-11-7-17(28-10-11)18(25)24-14-3-1-2-4-16(14)27-19(22)23/h1-8,10,19H,9H2,(H,24,25). The first-order valence-electron chi connectivity index (χ1n) is 7.93. The van der Waals surface area contributed by atoms with Crippen molar-refractivity contribution in [2.45, 2.75) is 13.2 Å². The summed E-state index contributed by atoms with van der Waals surface area (Å²) in [5.41, 5.74) is 0.698. The van der Waals surface area contributed by atoms with Gasteiger partial charge < -0.3 is 14.8 Å². The summed E-state index contributed by atoms with van der Waals surface area (Å²) in [6.45, 7) is -3.05. The molecule has 0 aliphatic rings. The van der Waals surface area contributed by atoms with Gasteiger partial charge in [0.2, 0.25) is 0 Å². The molecule has 3 aromatic rings. The Balaban J connectivity index is 1.64. The number of alkyl halides is 2. The largest absolute Gasteiger partial charge is 0.486 e. The molecule has 9 heteroatoms. The highest BCUT2D eigenvalue weighted by Gasteiger charge is 2.15. The van der Waals surface area contributed by atoms with Gasteiger partial charge in [0.15, 0.2) is 11.6 Å². The van der Waals surface area contributed by atoms with Crippen molar-refractivity contribution in [3.8, 4) is 11.5 Å². The van der Waals surface area contributed by atoms with E-state index in [4.69, 9.17) is 4.74 Å². The average molecular weight is 411 g/mol. The van der Waals surface area contributed by atoms with Crippen LogP contribution in [-0.4, -0.2) is 12.5 Å². The molecule has 0 atom stereocenters. The van der Waals surface area contributed by atoms with Gasteiger partial charge in [0, 0.05) is 11.6 Å². The molecule has 0 unspecified atom stereocenters. The van der Waals surface area contributed by atoms with Crippen LogP contribution in [0, 0.1) is 11.6 Å². The van der Waals surface area contributed by atoms with Crippen molar-refractivity contribution in [2.75, 3.05) is 5.32 Å². The zero-order chi connectivity index (χ0) is 20.1. The number of amides is 1. The fourth-order valence-corrected chi connectivity index (χ4v) is 3.07. The monoisotopic (exact) mass is 411 g/mol. The minimum Gasteiger partial charge on any atom is -0.486 e. The van der Waals surface area contributed by atoms with Crippen LogP contribution in [0.2, 0.25) is 0 Å². The molecule has 0 spiro atoms. The Morgan fingerprint density at radius 2 is 1.86 bits per heavy atom. The number of rotatable bonds is 7. The smallest absolute Gasteiger partial charge is 0.387 e. The molecule has 1 N–H and O–H groups in total. The molecule has 0 radical (unpaired) electrons. The molecule has 146 valence electrons. The average Bonchev–Trinajstić information content (AvgIpc) is 3.11. The Hall–Kier alpha value is -3.07. The zero-order valence-corrected chi connectivity index (χ0v) is 14.9. The van der Waals surface area contributed by atoms with E-state index in [-0.39, 0.29) is 23.8 Å². The number of nitrogens with one attached hydrogen (secondary N) is 1. The van der Waals surface area contributed by atoms with Crippen molar-refractivity contribution in [3.05, 3.63) is 76.0 Å². The van der Waals surface area contributed by atoms with Crippen molar-refractivity contribution in [1.29, 1.82) is 0 Å². The summed E-state index contributed by atoms with van der Waals surface area (Å²) in [4.78, 5) is 12.6. The van der Waals surface area contributed by atoms with E-state index in [0.717, 1.165) is 17.4 Å². The number of benzene rings is 2. The summed E-state index contributed by atoms with van der Waals surface area (Å²) >= 11 is 1.10. The van der Waals surface area contributed by atoms with Gasteiger partial charge in [-0.05, 0) is 35.7 Å². The van der Waals surface area contributed by atoms with Crippen molar-refractivity contribution < 1.29 is 31.8 Å². The quantitative estimate of drug-likeness (QED) is 0.526. The van der Waals surface area contributed by atoms with Crippen LogP contribution < -0.4 is 14.8 Å². The summed E-state index contributed by atoms with van der Waals surface area (Å²) in [5.74, 6) is -2.33. The van der Waals surface area contributed by atoms with E-state index in [1.54, 1.807) is 11.4 Å². The van der Waals surface area contributed by atoms with E-state index in [1.807, 2.05) is 0 Å². The highest BCUT2D eigenvalue weighted by Crippen LogP contribution is 2.27. The number of halogens is 4. The first-order chi connectivity index (χ1) is 13.4. The first kappa shape index (κ1) is 19.7. The van der Waals surface area contributed by atoms with Crippen LogP contribution in [0.4, 0.5) is 23.2 Å². The summed E-state index contributed by atoms with van der Waals surface area (Å²) in [7, 11) is 0.